The minimum Gasteiger partial charge on any atom is -0.398 e. The van der Waals surface area contributed by atoms with Gasteiger partial charge in [-0.3, -0.25) is 4.79 Å². The molecule has 0 aliphatic rings. The molecular weight excluding hydrogens is 172 g/mol. The third-order valence-corrected chi connectivity index (χ3v) is 1.57. The molecule has 0 amide bonds. The summed E-state index contributed by atoms with van der Waals surface area (Å²) in [5.41, 5.74) is 6.34. The van der Waals surface area contributed by atoms with Crippen molar-refractivity contribution in [3.05, 3.63) is 28.7 Å². The normalized spacial score (nSPS) is 9.31. The molecule has 0 saturated heterocycles. The van der Waals surface area contributed by atoms with E-state index in [-0.39, 0.29) is 11.4 Å². The molecule has 0 bridgehead atoms. The fraction of sp³-hybridized carbons (Fsp3) is 0.125. The van der Waals surface area contributed by atoms with Gasteiger partial charge in [-0.15, -0.1) is 0 Å². The van der Waals surface area contributed by atoms with E-state index in [1.807, 2.05) is 0 Å². The van der Waals surface area contributed by atoms with Gasteiger partial charge in [0.25, 0.3) is 4.92 Å². The van der Waals surface area contributed by atoms with Crippen LogP contribution in [0.3, 0.4) is 0 Å². The molecular formula is C8H9N2O3+. The largest absolute Gasteiger partial charge is 0.398 e. The van der Waals surface area contributed by atoms with Gasteiger partial charge in [0.05, 0.1) is 4.91 Å². The van der Waals surface area contributed by atoms with Crippen LogP contribution in [0, 0.1) is 4.91 Å². The number of nitrogens with two attached hydrogens (primary N) is 1. The number of carbonyl (C=O) groups is 1. The molecule has 0 saturated carbocycles. The maximum atomic E-state index is 10.9. The van der Waals surface area contributed by atoms with Gasteiger partial charge in [0.1, 0.15) is 0 Å². The van der Waals surface area contributed by atoms with E-state index in [0.717, 1.165) is 0 Å². The first-order chi connectivity index (χ1) is 6.19. The topological polar surface area (TPSA) is 72.4 Å². The second-order valence-electron chi connectivity index (χ2n) is 2.37. The van der Waals surface area contributed by atoms with Crippen LogP contribution < -0.4 is 5.73 Å². The molecule has 0 aliphatic heterocycles. The lowest BCUT2D eigenvalue weighted by molar-refractivity contribution is -0.736. The highest BCUT2D eigenvalue weighted by Crippen LogP contribution is 2.18. The molecule has 0 aliphatic carbocycles. The lowest BCUT2D eigenvalue weighted by Gasteiger charge is -1.95. The van der Waals surface area contributed by atoms with Gasteiger partial charge < -0.3 is 5.73 Å². The standard InChI is InChI=1S/C8H8N2O3/c1-13-10(12)7-3-2-6(5-11)8(9)4-7/h2-5H,1H3,(H-,9,11)/p+1. The lowest BCUT2D eigenvalue weighted by atomic mass is 10.2. The monoisotopic (exact) mass is 181 g/mol. The minimum atomic E-state index is 0.255. The highest BCUT2D eigenvalue weighted by Gasteiger charge is 2.15. The van der Waals surface area contributed by atoms with Crippen molar-refractivity contribution >= 4 is 17.7 Å². The summed E-state index contributed by atoms with van der Waals surface area (Å²) < 4.78 is 0. The van der Waals surface area contributed by atoms with Crippen LogP contribution in [-0.2, 0) is 4.84 Å². The summed E-state index contributed by atoms with van der Waals surface area (Å²) >= 11 is 0. The molecule has 5 nitrogen and oxygen atoms in total. The van der Waals surface area contributed by atoms with Crippen molar-refractivity contribution in [1.82, 2.24) is 0 Å². The van der Waals surface area contributed by atoms with E-state index in [1.54, 1.807) is 0 Å². The lowest BCUT2D eigenvalue weighted by Crippen LogP contribution is -2.00. The van der Waals surface area contributed by atoms with Crippen molar-refractivity contribution in [2.24, 2.45) is 0 Å². The predicted octanol–water partition coefficient (Wildman–Crippen LogP) is 1.05. The zero-order valence-electron chi connectivity index (χ0n) is 7.06. The first kappa shape index (κ1) is 9.18. The highest BCUT2D eigenvalue weighted by molar-refractivity contribution is 5.83. The number of hydrogen-bond donors (Lipinski definition) is 1. The van der Waals surface area contributed by atoms with Crippen LogP contribution in [0.1, 0.15) is 10.4 Å². The SMILES string of the molecule is CO[N+](=O)c1ccc(C=O)c(N)c1. The number of benzene rings is 1. The van der Waals surface area contributed by atoms with Gasteiger partial charge in [-0.2, -0.15) is 0 Å². The predicted molar refractivity (Wildman–Crippen MR) is 46.5 cm³/mol. The van der Waals surface area contributed by atoms with Gasteiger partial charge in [0.15, 0.2) is 13.4 Å². The maximum Gasteiger partial charge on any atom is 0.318 e. The van der Waals surface area contributed by atoms with E-state index >= 15 is 0 Å². The molecule has 0 heterocycles. The Bertz CT molecular complexity index is 349. The summed E-state index contributed by atoms with van der Waals surface area (Å²) in [4.78, 5) is 26.0. The number of anilines is 1. The Labute approximate surface area is 74.6 Å². The molecule has 0 fully saturated rings. The Morgan fingerprint density at radius 1 is 1.54 bits per heavy atom. The van der Waals surface area contributed by atoms with E-state index < -0.39 is 0 Å². The van der Waals surface area contributed by atoms with Crippen molar-refractivity contribution in [3.8, 4) is 0 Å². The molecule has 0 radical (unpaired) electrons. The second kappa shape index (κ2) is 3.66. The summed E-state index contributed by atoms with van der Waals surface area (Å²) in [6.07, 6.45) is 0.626. The fourth-order valence-electron chi connectivity index (χ4n) is 0.888. The summed E-state index contributed by atoms with van der Waals surface area (Å²) in [6.45, 7) is 0. The van der Waals surface area contributed by atoms with E-state index in [0.29, 0.717) is 16.8 Å². The molecule has 5 heteroatoms. The average molecular weight is 181 g/mol. The first-order valence-electron chi connectivity index (χ1n) is 3.55. The van der Waals surface area contributed by atoms with E-state index in [1.165, 1.54) is 25.3 Å². The van der Waals surface area contributed by atoms with Crippen molar-refractivity contribution in [2.75, 3.05) is 12.8 Å². The van der Waals surface area contributed by atoms with Crippen molar-refractivity contribution < 1.29 is 14.6 Å². The smallest absolute Gasteiger partial charge is 0.318 e. The summed E-state index contributed by atoms with van der Waals surface area (Å²) in [5, 5.41) is 0. The fourth-order valence-corrected chi connectivity index (χ4v) is 0.888. The zero-order valence-corrected chi connectivity index (χ0v) is 7.06. The van der Waals surface area contributed by atoms with Gasteiger partial charge in [-0.25, -0.2) is 4.84 Å². The summed E-state index contributed by atoms with van der Waals surface area (Å²) in [5.74, 6) is 0. The van der Waals surface area contributed by atoms with Crippen LogP contribution in [0.4, 0.5) is 11.4 Å². The van der Waals surface area contributed by atoms with Crippen LogP contribution in [0.25, 0.3) is 0 Å². The molecule has 1 aromatic carbocycles. The van der Waals surface area contributed by atoms with E-state index in [4.69, 9.17) is 5.73 Å². The average Bonchev–Trinajstić information content (AvgIpc) is 2.16. The molecule has 13 heavy (non-hydrogen) atoms. The number of nitrogen functional groups attached to an aromatic ring is 1. The van der Waals surface area contributed by atoms with Crippen LogP contribution in [0.2, 0.25) is 0 Å². The van der Waals surface area contributed by atoms with Crippen LogP contribution in [0.5, 0.6) is 0 Å². The third-order valence-electron chi connectivity index (χ3n) is 1.57. The van der Waals surface area contributed by atoms with Gasteiger partial charge in [-0.1, -0.05) is 0 Å². The highest BCUT2D eigenvalue weighted by atomic mass is 16.8. The number of rotatable bonds is 3. The molecule has 1 aromatic rings. The van der Waals surface area contributed by atoms with Crippen LogP contribution >= 0.6 is 0 Å². The Kier molecular flexibility index (Phi) is 2.59. The summed E-state index contributed by atoms with van der Waals surface area (Å²) in [7, 11) is 1.25. The van der Waals surface area contributed by atoms with Crippen LogP contribution in [0.15, 0.2) is 18.2 Å². The molecule has 68 valence electrons. The molecule has 0 unspecified atom stereocenters. The molecule has 2 N–H and O–H groups in total. The molecule has 0 spiro atoms. The third kappa shape index (κ3) is 1.81. The van der Waals surface area contributed by atoms with E-state index in [2.05, 4.69) is 4.84 Å². The minimum absolute atomic E-state index is 0.255. The van der Waals surface area contributed by atoms with Crippen molar-refractivity contribution in [3.63, 3.8) is 0 Å². The zero-order chi connectivity index (χ0) is 9.84. The van der Waals surface area contributed by atoms with Gasteiger partial charge >= 0.3 is 5.69 Å². The Morgan fingerprint density at radius 3 is 2.69 bits per heavy atom. The Balaban J connectivity index is 3.09. The second-order valence-corrected chi connectivity index (χ2v) is 2.37. The van der Waals surface area contributed by atoms with Crippen molar-refractivity contribution in [1.29, 1.82) is 0 Å². The number of aldehydes is 1. The van der Waals surface area contributed by atoms with E-state index in [9.17, 15) is 9.70 Å². The first-order valence-corrected chi connectivity index (χ1v) is 3.55. The number of nitrogens with zero attached hydrogens (tertiary/aromatic N) is 1. The quantitative estimate of drug-likeness (QED) is 0.429. The van der Waals surface area contributed by atoms with Crippen LogP contribution in [-0.4, -0.2) is 18.3 Å². The van der Waals surface area contributed by atoms with Crippen molar-refractivity contribution in [2.45, 2.75) is 0 Å². The summed E-state index contributed by atoms with van der Waals surface area (Å²) in [6, 6.07) is 4.29. The number of carbonyl (C=O) groups excluding carboxylic acids is 1. The number of hydrogen-bond acceptors (Lipinski definition) is 4. The van der Waals surface area contributed by atoms with Gasteiger partial charge in [0.2, 0.25) is 0 Å². The molecule has 0 aromatic heterocycles. The van der Waals surface area contributed by atoms with Gasteiger partial charge in [-0.05, 0) is 6.07 Å². The molecule has 0 atom stereocenters. The maximum absolute atomic E-state index is 10.9. The Hall–Kier alpha value is -1.91. The molecule has 1 rings (SSSR count). The Morgan fingerprint density at radius 2 is 2.23 bits per heavy atom. The van der Waals surface area contributed by atoms with Gasteiger partial charge in [0, 0.05) is 23.4 Å².